The van der Waals surface area contributed by atoms with Crippen molar-refractivity contribution in [2.24, 2.45) is 29.5 Å². The standard InChI is InChI=1S/C27H37ClN4O3.C18H20Cl2N2O3.C14H21ClN4.C14H26N2O2.C10H20N2O2.C9H18N2.C4H7Br/c1-19-16-30(17-20-6-7-20)12-13-31(19)25-14-24(23(28)15-29-25)32(26(33)35-27(2,3)4)18-21-8-10-22(34-5)11-9-21;1-18(2,3)25-17(23)22(15-9-16(20)21-10-14(15)19)11-12-5-7-13(24-4)8-6-12;1-10-8-18(9-11-2-3-11)4-5-19(10)14-6-13(16)12(15)7-17-14;1-11-9-15(10-12-5-6-12)7-8-16(11)13(17)18-14(2,3)4;1-8-7-11-5-6-12(8)9(13)14-10(2,3)4;1-8-6-11(5-4-10-8)7-9-2-3-9;5-3-4-1-2-4/h8-11,14-15,19-20H,6-7,12-13,16-18H2,1-5H3;5-10H,11H2,1-4H3;6-7,10-11H,2-5,8-9H2,1H3,(H2,16,17);11-12H,5-10H2,1-4H3;8,11H,5-7H2,1-4H3;8-10H,2-7H2,1H3;4H,1-3H2/t19-;;10-;11-;2*8-;/m0.0000./s1/i17D2,20D;;9D2,11D;10D2,12D;;7D2,9D;3D2,4D. The molecule has 10 aliphatic rings. The SMILES string of the molecule is COc1ccc(CN(C(=O)OC(C)(C)C)c2cc(Cl)ncc2Cl)cc1.C[C@H]1CNCCN1C(=O)OC(C)(C)C.[2H]C([2H])(Br)C1([2H])CC1.[2H]C1(C([2H])([2H])N2CCN(C(=O)OC(C)(C)C)[C@@H](C)C2)CC1.[2H]C1(C([2H])([2H])N2CCN(c3cc(N(Cc4ccc(OC)cc4)C(=O)OC(C)(C)C)c(Cl)cn3)[C@@H](C)C2)CC1.[2H]C1(C([2H])([2H])N2CCN(c3cc(N)c(Cl)cn3)[C@@H](C)C2)CC1.[2H]C1(C([2H])([2H])N2CCN[C@@H](C)C2)CC1. The molecule has 2 aromatic carbocycles. The summed E-state index contributed by atoms with van der Waals surface area (Å²) in [4.78, 5) is 80.4. The minimum Gasteiger partial charge on any atom is -0.497 e. The summed E-state index contributed by atoms with van der Waals surface area (Å²) in [5.74, 6) is -1.70. The Morgan fingerprint density at radius 2 is 0.850 bits per heavy atom. The van der Waals surface area contributed by atoms with Crippen molar-refractivity contribution in [3.63, 3.8) is 0 Å². The van der Waals surface area contributed by atoms with Crippen molar-refractivity contribution in [3.8, 4) is 11.5 Å². The maximum Gasteiger partial charge on any atom is 0.415 e. The number of halogens is 5. The van der Waals surface area contributed by atoms with Crippen LogP contribution in [-0.2, 0) is 32.0 Å². The number of rotatable bonds is 19. The van der Waals surface area contributed by atoms with E-state index >= 15 is 0 Å². The first-order chi connectivity index (χ1) is 65.4. The quantitative estimate of drug-likeness (QED) is 0.0395. The van der Waals surface area contributed by atoms with Gasteiger partial charge in [0.05, 0.1) is 65.6 Å². The smallest absolute Gasteiger partial charge is 0.415 e. The van der Waals surface area contributed by atoms with Crippen LogP contribution in [0.25, 0.3) is 0 Å². The number of nitrogen functional groups attached to an aromatic ring is 1. The van der Waals surface area contributed by atoms with Gasteiger partial charge in [-0.15, -0.1) is 0 Å². The van der Waals surface area contributed by atoms with Crippen LogP contribution in [0.3, 0.4) is 0 Å². The molecular formula is C96H149BrCl4N16O10. The van der Waals surface area contributed by atoms with Crippen LogP contribution >= 0.6 is 62.3 Å². The maximum atomic E-state index is 13.4. The fraction of sp³-hybridized carbons (Fsp3) is 0.677. The molecule has 26 nitrogen and oxygen atoms in total. The number of nitrogens with zero attached hydrogens (tertiary/aromatic N) is 13. The number of amides is 4. The number of benzene rings is 2. The number of piperazine rings is 5. The van der Waals surface area contributed by atoms with E-state index in [1.165, 1.54) is 22.1 Å². The highest BCUT2D eigenvalue weighted by molar-refractivity contribution is 9.09. The summed E-state index contributed by atoms with van der Waals surface area (Å²) in [5, 5.41) is 6.36. The van der Waals surface area contributed by atoms with E-state index in [2.05, 4.69) is 58.2 Å². The molecule has 5 aliphatic heterocycles. The molecule has 0 unspecified atom stereocenters. The van der Waals surface area contributed by atoms with Gasteiger partial charge in [0.2, 0.25) is 0 Å². The van der Waals surface area contributed by atoms with Gasteiger partial charge >= 0.3 is 24.4 Å². The van der Waals surface area contributed by atoms with E-state index in [1.54, 1.807) is 84.0 Å². The van der Waals surface area contributed by atoms with E-state index in [1.807, 2.05) is 143 Å². The first-order valence-electron chi connectivity index (χ1n) is 51.8. The number of ether oxygens (including phenoxy) is 6. The monoisotopic (exact) mass is 1920 g/mol. The predicted octanol–water partition coefficient (Wildman–Crippen LogP) is 19.2. The van der Waals surface area contributed by atoms with E-state index in [0.29, 0.717) is 174 Å². The molecule has 0 spiro atoms. The van der Waals surface area contributed by atoms with E-state index < -0.39 is 95.3 Å². The number of carbonyl (C=O) groups is 4. The Balaban J connectivity index is 0.000000193. The van der Waals surface area contributed by atoms with Gasteiger partial charge < -0.3 is 69.3 Å². The Labute approximate surface area is 808 Å². The van der Waals surface area contributed by atoms with Crippen molar-refractivity contribution in [2.75, 3.05) is 169 Å². The molecule has 4 amide bonds. The van der Waals surface area contributed by atoms with Crippen molar-refractivity contribution in [1.82, 2.24) is 55.0 Å². The van der Waals surface area contributed by atoms with Gasteiger partial charge in [0, 0.05) is 211 Å². The molecule has 127 heavy (non-hydrogen) atoms. The summed E-state index contributed by atoms with van der Waals surface area (Å²) < 4.78 is 152. The number of anilines is 5. The summed E-state index contributed by atoms with van der Waals surface area (Å²) >= 11 is 27.5. The van der Waals surface area contributed by atoms with Gasteiger partial charge in [-0.3, -0.25) is 24.5 Å². The number of hydrogen-bond acceptors (Lipinski definition) is 22. The van der Waals surface area contributed by atoms with Gasteiger partial charge in [0.15, 0.2) is 0 Å². The molecule has 0 radical (unpaired) electrons. The molecular weight excluding hydrogens is 1760 g/mol. The van der Waals surface area contributed by atoms with Crippen LogP contribution in [0.15, 0.2) is 85.3 Å². The molecule has 15 rings (SSSR count). The van der Waals surface area contributed by atoms with E-state index in [9.17, 15) is 19.2 Å². The number of nitrogens with one attached hydrogen (secondary N) is 2. The van der Waals surface area contributed by atoms with Crippen LogP contribution in [0.1, 0.15) is 214 Å². The fourth-order valence-corrected chi connectivity index (χ4v) is 14.7. The maximum absolute atomic E-state index is 13.4. The number of hydrogen-bond donors (Lipinski definition) is 3. The van der Waals surface area contributed by atoms with Gasteiger partial charge in [0.1, 0.15) is 50.7 Å². The molecule has 3 aromatic heterocycles. The molecule has 5 saturated carbocycles. The summed E-state index contributed by atoms with van der Waals surface area (Å²) in [5.41, 5.74) is 6.75. The molecule has 10 fully saturated rings. The molecule has 5 atom stereocenters. The number of pyridine rings is 3. The first-order valence-corrected chi connectivity index (χ1v) is 46.6. The summed E-state index contributed by atoms with van der Waals surface area (Å²) in [6.45, 7) is 35.5. The van der Waals surface area contributed by atoms with Gasteiger partial charge in [-0.05, 0) is 247 Å². The van der Waals surface area contributed by atoms with Gasteiger partial charge in [-0.2, -0.15) is 0 Å². The minimum absolute atomic E-state index is 0.0562. The molecule has 8 heterocycles. The Bertz CT molecular complexity index is 5030. The molecule has 4 N–H and O–H groups in total. The van der Waals surface area contributed by atoms with E-state index in [4.69, 9.17) is 101 Å². The normalized spacial score (nSPS) is 24.8. The highest BCUT2D eigenvalue weighted by Crippen LogP contribution is 2.38. The molecule has 5 saturated heterocycles. The molecule has 31 heteroatoms. The molecule has 5 aromatic rings. The van der Waals surface area contributed by atoms with Crippen LogP contribution in [0, 0.1) is 29.5 Å². The van der Waals surface area contributed by atoms with E-state index in [-0.39, 0.29) is 54.6 Å². The Kier molecular flexibility index (Phi) is 32.0. The van der Waals surface area contributed by atoms with Crippen LogP contribution in [0.5, 0.6) is 11.5 Å². The number of alkyl halides is 1. The lowest BCUT2D eigenvalue weighted by atomic mass is 10.1. The molecule has 0 bridgehead atoms. The predicted molar refractivity (Wildman–Crippen MR) is 520 cm³/mol. The number of methoxy groups -OCH3 is 2. The third-order valence-corrected chi connectivity index (χ3v) is 22.5. The zero-order valence-electron chi connectivity index (χ0n) is 92.9. The van der Waals surface area contributed by atoms with Crippen LogP contribution < -0.4 is 45.4 Å². The molecule has 5 aliphatic carbocycles. The average Bonchev–Trinajstić information content (AvgIpc) is 1.58. The van der Waals surface area contributed by atoms with Gasteiger partial charge in [0.25, 0.3) is 0 Å². The number of carbonyl (C=O) groups excluding carboxylic acids is 4. The van der Waals surface area contributed by atoms with Crippen LogP contribution in [0.2, 0.25) is 20.2 Å². The van der Waals surface area contributed by atoms with Gasteiger partial charge in [-0.25, -0.2) is 34.1 Å². The Morgan fingerprint density at radius 3 is 1.21 bits per heavy atom. The second kappa shape index (κ2) is 48.7. The van der Waals surface area contributed by atoms with Crippen molar-refractivity contribution >= 4 is 115 Å². The zero-order valence-corrected chi connectivity index (χ0v) is 82.5. The number of aromatic nitrogens is 3. The largest absolute Gasteiger partial charge is 0.497 e. The van der Waals surface area contributed by atoms with Crippen molar-refractivity contribution < 1.29 is 68.2 Å². The minimum atomic E-state index is -1.67. The van der Waals surface area contributed by atoms with Crippen molar-refractivity contribution in [3.05, 3.63) is 117 Å². The van der Waals surface area contributed by atoms with Crippen molar-refractivity contribution in [1.29, 1.82) is 0 Å². The average molecular weight is 1920 g/mol. The third kappa shape index (κ3) is 37.5. The Morgan fingerprint density at radius 1 is 0.472 bits per heavy atom. The van der Waals surface area contributed by atoms with Gasteiger partial charge in [-0.1, -0.05) is 86.6 Å². The first kappa shape index (κ1) is 83.4. The Hall–Kier alpha value is -6.63. The highest BCUT2D eigenvalue weighted by atomic mass is 79.9. The number of nitrogens with two attached hydrogens (primary N) is 1. The second-order valence-corrected chi connectivity index (χ2v) is 39.4. The lowest BCUT2D eigenvalue weighted by molar-refractivity contribution is 0.000909. The third-order valence-electron chi connectivity index (χ3n) is 20.8. The van der Waals surface area contributed by atoms with Crippen molar-refractivity contribution in [2.45, 2.75) is 248 Å². The summed E-state index contributed by atoms with van der Waals surface area (Å²) in [6.07, 6.45) is 9.38. The van der Waals surface area contributed by atoms with E-state index in [0.717, 1.165) is 61.2 Å². The molecule has 708 valence electrons. The lowest BCUT2D eigenvalue weighted by Gasteiger charge is -2.41. The topological polar surface area (TPSA) is 245 Å². The fourth-order valence-electron chi connectivity index (χ4n) is 13.6. The summed E-state index contributed by atoms with van der Waals surface area (Å²) in [6, 6.07) is 20.4. The second-order valence-electron chi connectivity index (χ2n) is 37.4. The van der Waals surface area contributed by atoms with Crippen LogP contribution in [0.4, 0.5) is 47.9 Å². The lowest BCUT2D eigenvalue weighted by Crippen LogP contribution is -2.55. The summed E-state index contributed by atoms with van der Waals surface area (Å²) in [7, 11) is 3.20. The highest BCUT2D eigenvalue weighted by Gasteiger charge is 2.38. The zero-order chi connectivity index (χ0) is 106. The van der Waals surface area contributed by atoms with Crippen LogP contribution in [-0.4, -0.2) is 265 Å².